The number of carbonyl (C=O) groups excluding carboxylic acids is 2. The van der Waals surface area contributed by atoms with E-state index in [1.165, 1.54) is 461 Å². The van der Waals surface area contributed by atoms with Gasteiger partial charge in [-0.05, 0) is 102 Å². The van der Waals surface area contributed by atoms with Crippen molar-refractivity contribution in [2.75, 3.05) is 0 Å². The third-order valence-electron chi connectivity index (χ3n) is 25.0. The number of hydrogen-bond donors (Lipinski definition) is 0. The molecule has 110 heavy (non-hydrogen) atoms. The molecule has 6 heterocycles. The molecule has 0 fully saturated rings. The molecule has 7 rings (SSSR count). The lowest BCUT2D eigenvalue weighted by Gasteiger charge is -2.17. The van der Waals surface area contributed by atoms with Crippen molar-refractivity contribution in [3.8, 4) is 31.0 Å². The first kappa shape index (κ1) is 93.9. The van der Waals surface area contributed by atoms with Gasteiger partial charge in [-0.3, -0.25) is 0 Å². The van der Waals surface area contributed by atoms with Crippen LogP contribution in [0.15, 0.2) is 59.3 Å². The topological polar surface area (TPSA) is 52.6 Å². The van der Waals surface area contributed by atoms with Crippen LogP contribution in [0.4, 0.5) is 0 Å². The Bertz CT molecular complexity index is 3150. The molecule has 620 valence electrons. The maximum atomic E-state index is 14.3. The van der Waals surface area contributed by atoms with Gasteiger partial charge in [-0.1, -0.05) is 458 Å². The lowest BCUT2D eigenvalue weighted by Crippen LogP contribution is -2.10. The van der Waals surface area contributed by atoms with Gasteiger partial charge in [0.1, 0.15) is 11.5 Å². The van der Waals surface area contributed by atoms with E-state index in [1.54, 1.807) is 34.0 Å². The summed E-state index contributed by atoms with van der Waals surface area (Å²) in [6.07, 6.45) is 97.6. The summed E-state index contributed by atoms with van der Waals surface area (Å²) in [7, 11) is 0. The molecule has 2 aliphatic heterocycles. The van der Waals surface area contributed by atoms with Gasteiger partial charge in [0.25, 0.3) is 0 Å². The van der Waals surface area contributed by atoms with Gasteiger partial charge in [-0.25, -0.2) is 9.59 Å². The number of esters is 2. The number of benzene rings is 1. The molecular weight excluding hydrogens is 1420 g/mol. The second-order valence-electron chi connectivity index (χ2n) is 34.8. The molecule has 0 saturated heterocycles. The van der Waals surface area contributed by atoms with Gasteiger partial charge >= 0.3 is 11.9 Å². The van der Waals surface area contributed by atoms with Crippen molar-refractivity contribution in [1.29, 1.82) is 0 Å². The Hall–Kier alpha value is -3.30. The zero-order valence-electron chi connectivity index (χ0n) is 71.7. The number of carbonyl (C=O) groups is 2. The Morgan fingerprint density at radius 3 is 0.927 bits per heavy atom. The van der Waals surface area contributed by atoms with Gasteiger partial charge in [0, 0.05) is 39.7 Å². The summed E-state index contributed by atoms with van der Waals surface area (Å²) in [4.78, 5) is 35.3. The summed E-state index contributed by atoms with van der Waals surface area (Å²) in [6.45, 7) is 9.26. The molecule has 0 aliphatic carbocycles. The molecule has 0 atom stereocenters. The van der Waals surface area contributed by atoms with E-state index in [0.717, 1.165) is 51.3 Å². The molecule has 5 aromatic rings. The Balaban J connectivity index is 0.908. The number of rotatable bonds is 76. The molecule has 0 radical (unpaired) electrons. The number of aryl methyl sites for hydroxylation is 2. The van der Waals surface area contributed by atoms with Crippen LogP contribution in [-0.4, -0.2) is 11.9 Å². The smallest absolute Gasteiger partial charge is 0.345 e. The van der Waals surface area contributed by atoms with E-state index in [2.05, 4.69) is 74.9 Å². The number of fused-ring (bicyclic) bond motifs is 2. The number of ether oxygens (including phenoxy) is 2. The molecule has 0 N–H and O–H groups in total. The van der Waals surface area contributed by atoms with E-state index in [1.807, 2.05) is 23.5 Å². The van der Waals surface area contributed by atoms with Crippen LogP contribution in [0.1, 0.15) is 485 Å². The van der Waals surface area contributed by atoms with Gasteiger partial charge < -0.3 is 9.47 Å². The number of hydrogen-bond acceptors (Lipinski definition) is 8. The molecule has 0 spiro atoms. The fourth-order valence-electron chi connectivity index (χ4n) is 17.9. The highest BCUT2D eigenvalue weighted by Crippen LogP contribution is 2.44. The van der Waals surface area contributed by atoms with Crippen LogP contribution in [-0.2, 0) is 22.4 Å². The zero-order chi connectivity index (χ0) is 77.2. The minimum atomic E-state index is -0.320. The van der Waals surface area contributed by atoms with Crippen molar-refractivity contribution >= 4 is 68.4 Å². The fraction of sp³-hybridized carbons (Fsp3) is 0.745. The largest absolute Gasteiger partial charge is 0.422 e. The molecule has 4 nitrogen and oxygen atoms in total. The average Bonchev–Trinajstić information content (AvgIpc) is 1.59. The Labute approximate surface area is 693 Å². The Morgan fingerprint density at radius 1 is 0.282 bits per heavy atom. The van der Waals surface area contributed by atoms with E-state index in [9.17, 15) is 9.59 Å². The first-order valence-electron chi connectivity index (χ1n) is 48.1. The van der Waals surface area contributed by atoms with E-state index in [4.69, 9.17) is 9.47 Å². The fourth-order valence-corrected chi connectivity index (χ4v) is 22.2. The van der Waals surface area contributed by atoms with Crippen molar-refractivity contribution in [2.24, 2.45) is 11.8 Å². The Kier molecular flexibility index (Phi) is 52.9. The minimum absolute atomic E-state index is 0.315. The molecule has 4 aromatic heterocycles. The number of unbranched alkanes of at least 4 members (excludes halogenated alkanes) is 56. The van der Waals surface area contributed by atoms with Crippen molar-refractivity contribution in [2.45, 2.75) is 477 Å². The molecule has 1 aromatic carbocycles. The molecule has 0 bridgehead atoms. The molecule has 2 aliphatic rings. The lowest BCUT2D eigenvalue weighted by molar-refractivity contribution is -0.128. The van der Waals surface area contributed by atoms with Crippen LogP contribution < -0.4 is 19.9 Å². The predicted molar refractivity (Wildman–Crippen MR) is 488 cm³/mol. The summed E-state index contributed by atoms with van der Waals surface area (Å²) in [5.74, 6) is 2.13. The van der Waals surface area contributed by atoms with Gasteiger partial charge in [-0.2, -0.15) is 0 Å². The van der Waals surface area contributed by atoms with E-state index in [0.29, 0.717) is 22.6 Å². The Morgan fingerprint density at radius 2 is 0.591 bits per heavy atom. The predicted octanol–water partition coefficient (Wildman–Crippen LogP) is 34.4. The van der Waals surface area contributed by atoms with Gasteiger partial charge in [-0.15, -0.1) is 45.3 Å². The normalized spacial score (nSPS) is 12.9. The highest BCUT2D eigenvalue weighted by molar-refractivity contribution is 7.26. The van der Waals surface area contributed by atoms with Gasteiger partial charge in [0.05, 0.1) is 11.1 Å². The zero-order valence-corrected chi connectivity index (χ0v) is 75.0. The van der Waals surface area contributed by atoms with Crippen LogP contribution in [0.2, 0.25) is 0 Å². The SMILES string of the molecule is CCCCCCCCCCCCCCCCC(CCCCCCCCCCCCCCCC)CCCCCc1csc(C2=c3cc4c(cc3OC2=O)=C(c2cc(CCCCCC(CCCCCCCCCCCCCCCC)CCCCCCCCCCCCCCCC)c(-c3ccc(-c5cccs5)s3)s2)C(=O)O4)c1. The molecule has 8 heteroatoms. The number of thiophene rings is 4. The monoisotopic (exact) mass is 1580 g/mol. The summed E-state index contributed by atoms with van der Waals surface area (Å²) >= 11 is 7.03. The summed E-state index contributed by atoms with van der Waals surface area (Å²) < 4.78 is 12.3. The van der Waals surface area contributed by atoms with Crippen LogP contribution in [0.3, 0.4) is 0 Å². The van der Waals surface area contributed by atoms with Crippen LogP contribution in [0.25, 0.3) is 30.7 Å². The van der Waals surface area contributed by atoms with Crippen molar-refractivity contribution < 1.29 is 19.1 Å². The maximum absolute atomic E-state index is 14.3. The van der Waals surface area contributed by atoms with E-state index >= 15 is 0 Å². The molecular formula is C102H164O4S4. The lowest BCUT2D eigenvalue weighted by atomic mass is 9.89. The van der Waals surface area contributed by atoms with Crippen LogP contribution >= 0.6 is 45.3 Å². The minimum Gasteiger partial charge on any atom is -0.422 e. The molecule has 0 amide bonds. The molecule has 0 saturated carbocycles. The molecule has 0 unspecified atom stereocenters. The first-order valence-corrected chi connectivity index (χ1v) is 51.5. The van der Waals surface area contributed by atoms with E-state index in [-0.39, 0.29) is 11.9 Å². The van der Waals surface area contributed by atoms with Crippen LogP contribution in [0.5, 0.6) is 11.5 Å². The second kappa shape index (κ2) is 62.0. The quantitative estimate of drug-likeness (QED) is 0.0221. The van der Waals surface area contributed by atoms with E-state index < -0.39 is 0 Å². The third-order valence-corrected chi connectivity index (χ3v) is 29.5. The maximum Gasteiger partial charge on any atom is 0.345 e. The van der Waals surface area contributed by atoms with Gasteiger partial charge in [0.15, 0.2) is 0 Å². The van der Waals surface area contributed by atoms with Crippen molar-refractivity contribution in [3.63, 3.8) is 0 Å². The third kappa shape index (κ3) is 39.1. The van der Waals surface area contributed by atoms with Crippen molar-refractivity contribution in [3.05, 3.63) is 90.6 Å². The summed E-state index contributed by atoms with van der Waals surface area (Å²) in [5, 5.41) is 5.88. The highest BCUT2D eigenvalue weighted by atomic mass is 32.1. The van der Waals surface area contributed by atoms with Crippen LogP contribution in [0, 0.1) is 11.8 Å². The first-order chi connectivity index (χ1) is 54.4. The summed E-state index contributed by atoms with van der Waals surface area (Å²) in [5.41, 5.74) is 3.81. The second-order valence-corrected chi connectivity index (χ2v) is 38.8. The standard InChI is InChI=1S/C102H164O4S4/c1-5-9-13-17-21-25-29-33-37-41-45-49-53-59-68-85(69-60-54-50-46-42-38-34-30-26-22-18-14-10-6-2)72-63-57-65-74-87-80-96(108-84-87)98-89-82-92-90(83-91(89)105-101(98)103)99(102(104)106-92)97-81-88(100(110-97)95-78-77-94(109-95)93-76-67-79-107-93)75-66-58-64-73-86(70-61-55-51-47-43-39-35-31-27-23-19-15-11-7-3)71-62-56-52-48-44-40-36-32-28-24-20-16-12-8-4/h67,76-86H,5-66,68-75H2,1-4H3. The summed E-state index contributed by atoms with van der Waals surface area (Å²) in [6, 6.07) is 17.3. The average molecular weight is 1580 g/mol. The van der Waals surface area contributed by atoms with Crippen molar-refractivity contribution in [1.82, 2.24) is 0 Å². The van der Waals surface area contributed by atoms with Gasteiger partial charge in [0.2, 0.25) is 0 Å². The highest BCUT2D eigenvalue weighted by Gasteiger charge is 2.33.